The van der Waals surface area contributed by atoms with E-state index in [1.165, 1.54) is 38.5 Å². The van der Waals surface area contributed by atoms with E-state index in [2.05, 4.69) is 96.7 Å². The number of fused-ring (bicyclic) bond motifs is 4. The van der Waals surface area contributed by atoms with Gasteiger partial charge in [0.05, 0.1) is 46.1 Å². The van der Waals surface area contributed by atoms with Gasteiger partial charge in [0, 0.05) is 76.7 Å². The molecule has 0 bridgehead atoms. The van der Waals surface area contributed by atoms with E-state index < -0.39 is 23.0 Å². The number of esters is 1. The van der Waals surface area contributed by atoms with Gasteiger partial charge in [0.2, 0.25) is 11.8 Å². The van der Waals surface area contributed by atoms with Crippen molar-refractivity contribution in [2.75, 3.05) is 60.3 Å². The number of piperidine rings is 2. The molecule has 2 amide bonds. The van der Waals surface area contributed by atoms with Crippen LogP contribution in [0.3, 0.4) is 0 Å². The molecule has 0 radical (unpaired) electrons. The zero-order chi connectivity index (χ0) is 63.4. The summed E-state index contributed by atoms with van der Waals surface area (Å²) in [5.74, 6) is 1.42. The van der Waals surface area contributed by atoms with Gasteiger partial charge in [0.25, 0.3) is 0 Å². The lowest BCUT2D eigenvalue weighted by Crippen LogP contribution is -2.57. The summed E-state index contributed by atoms with van der Waals surface area (Å²) in [4.78, 5) is 83.6. The van der Waals surface area contributed by atoms with Gasteiger partial charge in [-0.1, -0.05) is 37.1 Å². The van der Waals surface area contributed by atoms with Gasteiger partial charge >= 0.3 is 5.97 Å². The number of anilines is 6. The van der Waals surface area contributed by atoms with Gasteiger partial charge < -0.3 is 49.2 Å². The van der Waals surface area contributed by atoms with Crippen LogP contribution in [0.1, 0.15) is 169 Å². The van der Waals surface area contributed by atoms with Gasteiger partial charge in [-0.05, 0) is 206 Å². The number of aliphatic hydroxyl groups is 1. The normalized spacial score (nSPS) is 22.8. The van der Waals surface area contributed by atoms with Gasteiger partial charge in [0.1, 0.15) is 40.9 Å². The number of pyridine rings is 4. The fraction of sp³-hybridized carbons (Fsp3) is 0.479. The molecule has 474 valence electrons. The van der Waals surface area contributed by atoms with Crippen molar-refractivity contribution in [3.63, 3.8) is 0 Å². The van der Waals surface area contributed by atoms with Gasteiger partial charge in [-0.15, -0.1) is 0 Å². The summed E-state index contributed by atoms with van der Waals surface area (Å²) in [7, 11) is 1.71. The molecule has 4 fully saturated rings. The quantitative estimate of drug-likeness (QED) is 0.0492. The molecule has 4 N–H and O–H groups in total. The maximum atomic E-state index is 15.5. The third-order valence-corrected chi connectivity index (χ3v) is 20.8. The topological polar surface area (TPSA) is 217 Å². The Kier molecular flexibility index (Phi) is 15.6. The van der Waals surface area contributed by atoms with Gasteiger partial charge in [-0.2, -0.15) is 0 Å². The molecule has 0 spiro atoms. The largest absolute Gasteiger partial charge is 0.461 e. The van der Waals surface area contributed by atoms with E-state index in [1.54, 1.807) is 25.5 Å². The Labute approximate surface area is 532 Å². The molecule has 20 heteroatoms. The average Bonchev–Trinajstić information content (AvgIpc) is 1.59. The first kappa shape index (κ1) is 60.4. The second kappa shape index (κ2) is 23.5. The van der Waals surface area contributed by atoms with Crippen molar-refractivity contribution in [1.29, 1.82) is 0 Å². The van der Waals surface area contributed by atoms with E-state index in [9.17, 15) is 14.7 Å². The lowest BCUT2D eigenvalue weighted by Gasteiger charge is -2.48. The number of benzene rings is 2. The molecule has 10 heterocycles. The fourth-order valence-corrected chi connectivity index (χ4v) is 15.1. The van der Waals surface area contributed by atoms with Gasteiger partial charge in [-0.3, -0.25) is 14.9 Å². The molecule has 91 heavy (non-hydrogen) atoms. The van der Waals surface area contributed by atoms with E-state index in [-0.39, 0.29) is 42.6 Å². The first-order valence-corrected chi connectivity index (χ1v) is 33.0. The number of aromatic nitrogens is 8. The maximum absolute atomic E-state index is 15.5. The van der Waals surface area contributed by atoms with Crippen LogP contribution in [-0.2, 0) is 25.2 Å². The number of carbonyl (C=O) groups is 3. The van der Waals surface area contributed by atoms with E-state index >= 15 is 4.79 Å². The molecule has 4 aliphatic heterocycles. The summed E-state index contributed by atoms with van der Waals surface area (Å²) in [5, 5.41) is 20.7. The molecule has 2 saturated carbocycles. The van der Waals surface area contributed by atoms with Crippen LogP contribution in [-0.4, -0.2) is 136 Å². The second-order valence-corrected chi connectivity index (χ2v) is 27.8. The fourth-order valence-electron chi connectivity index (χ4n) is 15.1. The molecule has 2 aromatic carbocycles. The average molecular weight is 1230 g/mol. The standard InChI is InChI=1S/C71H85N15O5/c1-40(2)83-38-76-57-34-55(78-64(62(57)83)79-60-31-50(66(87)72-10)42(5)35-73-60)45-18-20-53-59(26-45)86(49-29-47(30-49)82-23-15-12-16-24-82)69(90)71(53,9)37-91-67(88)51-32-61(74-36-43(51)6)80-65-63-56(75-39-84(63)41(3)4)33-54(77-65)44-17-19-52-58(25-44)85(68(89)70(52,7)8)48-27-46(28-48)81-21-13-11-14-22-81/h17-20,25-26,31-36,38-41,46-49,66,72,87H,11-16,21-24,27-30,37H2,1-10H3,(H,73,78,79)(H,74,77,80). The molecule has 2 saturated heterocycles. The number of carbonyl (C=O) groups excluding carboxylic acids is 3. The lowest BCUT2D eigenvalue weighted by atomic mass is 9.82. The Balaban J connectivity index is 0.756. The number of amides is 2. The number of nitrogens with one attached hydrogen (secondary N) is 3. The second-order valence-electron chi connectivity index (χ2n) is 27.8. The van der Waals surface area contributed by atoms with Gasteiger partial charge in [0.15, 0.2) is 11.6 Å². The summed E-state index contributed by atoms with van der Waals surface area (Å²) in [6.07, 6.45) is 17.2. The molecule has 2 unspecified atom stereocenters. The van der Waals surface area contributed by atoms with Crippen molar-refractivity contribution in [3.8, 4) is 22.5 Å². The van der Waals surface area contributed by atoms with Crippen LogP contribution in [0.4, 0.5) is 34.6 Å². The molecule has 20 nitrogen and oxygen atoms in total. The highest BCUT2D eigenvalue weighted by Gasteiger charge is 2.54. The Morgan fingerprint density at radius 2 is 1.10 bits per heavy atom. The summed E-state index contributed by atoms with van der Waals surface area (Å²) >= 11 is 0. The van der Waals surface area contributed by atoms with E-state index in [0.717, 1.165) is 113 Å². The molecule has 6 aliphatic rings. The van der Waals surface area contributed by atoms with Crippen molar-refractivity contribution in [3.05, 3.63) is 119 Å². The summed E-state index contributed by atoms with van der Waals surface area (Å²) < 4.78 is 10.5. The monoisotopic (exact) mass is 1230 g/mol. The molecular formula is C71H85N15O5. The number of ether oxygens (including phenoxy) is 1. The van der Waals surface area contributed by atoms with Crippen LogP contribution in [0.2, 0.25) is 0 Å². The van der Waals surface area contributed by atoms with Gasteiger partial charge in [-0.25, -0.2) is 34.7 Å². The molecule has 2 aliphatic carbocycles. The number of hydrogen-bond donors (Lipinski definition) is 4. The van der Waals surface area contributed by atoms with E-state index in [4.69, 9.17) is 29.7 Å². The zero-order valence-corrected chi connectivity index (χ0v) is 54.2. The van der Waals surface area contributed by atoms with Crippen molar-refractivity contribution in [2.45, 2.75) is 180 Å². The molecular weight excluding hydrogens is 1140 g/mol. The predicted octanol–water partition coefficient (Wildman–Crippen LogP) is 11.9. The Hall–Kier alpha value is -8.17. The van der Waals surface area contributed by atoms with Crippen LogP contribution in [0.5, 0.6) is 0 Å². The molecule has 6 aromatic heterocycles. The minimum atomic E-state index is -1.22. The van der Waals surface area contributed by atoms with Crippen molar-refractivity contribution in [2.24, 2.45) is 0 Å². The maximum Gasteiger partial charge on any atom is 0.338 e. The SMILES string of the molecule is CNC(O)c1cc(Nc2nc(-c3ccc4c(c3)N(C3CC(N5CCCCC5)C3)C(=O)C4(C)COC(=O)c3cc(Nc4nc(-c5ccc6c(c5)N(C5CC(N7CCCCC7)C5)C(=O)C6(C)C)cc5ncn(C(C)C)c45)ncc3C)cc3ncn(C(C)C)c23)ncc1C. The van der Waals surface area contributed by atoms with Crippen molar-refractivity contribution in [1.82, 2.24) is 54.2 Å². The molecule has 8 aromatic rings. The number of likely N-dealkylation sites (tertiary alicyclic amines) is 2. The van der Waals surface area contributed by atoms with E-state index in [0.29, 0.717) is 63.4 Å². The minimum absolute atomic E-state index is 0.0461. The smallest absolute Gasteiger partial charge is 0.338 e. The lowest BCUT2D eigenvalue weighted by molar-refractivity contribution is -0.125. The van der Waals surface area contributed by atoms with Crippen LogP contribution < -0.4 is 25.8 Å². The number of hydrogen-bond acceptors (Lipinski definition) is 16. The number of imidazole rings is 2. The van der Waals surface area contributed by atoms with Crippen molar-refractivity contribution >= 4 is 74.5 Å². The first-order valence-electron chi connectivity index (χ1n) is 33.0. The predicted molar refractivity (Wildman–Crippen MR) is 355 cm³/mol. The summed E-state index contributed by atoms with van der Waals surface area (Å²) in [6.45, 7) is 22.3. The van der Waals surface area contributed by atoms with Crippen molar-refractivity contribution < 1.29 is 24.2 Å². The van der Waals surface area contributed by atoms with Crippen LogP contribution >= 0.6 is 0 Å². The highest BCUT2D eigenvalue weighted by atomic mass is 16.5. The highest BCUT2D eigenvalue weighted by Crippen LogP contribution is 2.51. The Bertz CT molecular complexity index is 4170. The third-order valence-electron chi connectivity index (χ3n) is 20.8. The van der Waals surface area contributed by atoms with Crippen LogP contribution in [0, 0.1) is 13.8 Å². The number of nitrogens with zero attached hydrogens (tertiary/aromatic N) is 12. The van der Waals surface area contributed by atoms with Crippen LogP contribution in [0.15, 0.2) is 85.7 Å². The number of rotatable bonds is 17. The Morgan fingerprint density at radius 1 is 0.615 bits per heavy atom. The summed E-state index contributed by atoms with van der Waals surface area (Å²) in [5.41, 5.74) is 10.2. The third kappa shape index (κ3) is 10.6. The summed E-state index contributed by atoms with van der Waals surface area (Å²) in [6, 6.07) is 21.0. The van der Waals surface area contributed by atoms with Crippen LogP contribution in [0.25, 0.3) is 44.6 Å². The number of aliphatic hydroxyl groups excluding tert-OH is 1. The molecule has 2 atom stereocenters. The molecule has 14 rings (SSSR count). The zero-order valence-electron chi connectivity index (χ0n) is 54.2. The highest BCUT2D eigenvalue weighted by molar-refractivity contribution is 6.10. The minimum Gasteiger partial charge on any atom is -0.461 e. The Morgan fingerprint density at radius 3 is 1.62 bits per heavy atom. The first-order chi connectivity index (χ1) is 43.8. The van der Waals surface area contributed by atoms with E-state index in [1.807, 2.05) is 82.5 Å². The number of aryl methyl sites for hydroxylation is 2.